The van der Waals surface area contributed by atoms with E-state index in [4.69, 9.17) is 15.1 Å². The van der Waals surface area contributed by atoms with E-state index in [1.165, 1.54) is 19.5 Å². The van der Waals surface area contributed by atoms with Gasteiger partial charge in [-0.15, -0.1) is 0 Å². The lowest BCUT2D eigenvalue weighted by atomic mass is 10.2. The predicted octanol–water partition coefficient (Wildman–Crippen LogP) is -0.0150. The van der Waals surface area contributed by atoms with Crippen molar-refractivity contribution in [3.05, 3.63) is 18.0 Å². The Morgan fingerprint density at radius 2 is 2.25 bits per heavy atom. The largest absolute Gasteiger partial charge is 0.493 e. The number of nitrogens with zero attached hydrogens (tertiary/aromatic N) is 2. The van der Waals surface area contributed by atoms with Crippen molar-refractivity contribution in [1.82, 2.24) is 4.98 Å². The maximum absolute atomic E-state index is 10.9. The summed E-state index contributed by atoms with van der Waals surface area (Å²) in [5.74, 6) is -2.79. The molecule has 0 unspecified atom stereocenters. The fourth-order valence-electron chi connectivity index (χ4n) is 1.01. The van der Waals surface area contributed by atoms with E-state index >= 15 is 0 Å². The van der Waals surface area contributed by atoms with Gasteiger partial charge in [-0.3, -0.25) is 9.78 Å². The van der Waals surface area contributed by atoms with Gasteiger partial charge in [0.05, 0.1) is 13.3 Å². The van der Waals surface area contributed by atoms with Crippen LogP contribution in [0.15, 0.2) is 12.4 Å². The molecule has 1 aromatic rings. The fourth-order valence-corrected chi connectivity index (χ4v) is 1.01. The number of pyridine rings is 1. The van der Waals surface area contributed by atoms with Crippen LogP contribution < -0.4 is 10.1 Å². The maximum Gasteiger partial charge on any atom is 0.394 e. The lowest BCUT2D eigenvalue weighted by Crippen LogP contribution is -2.22. The number of carboxylic acids is 1. The van der Waals surface area contributed by atoms with Crippen LogP contribution in [-0.4, -0.2) is 29.1 Å². The van der Waals surface area contributed by atoms with Gasteiger partial charge in [0.25, 0.3) is 0 Å². The van der Waals surface area contributed by atoms with Crippen LogP contribution in [0, 0.1) is 11.3 Å². The van der Waals surface area contributed by atoms with Gasteiger partial charge in [0.15, 0.2) is 5.75 Å². The van der Waals surface area contributed by atoms with Crippen LogP contribution in [0.2, 0.25) is 0 Å². The van der Waals surface area contributed by atoms with Crippen LogP contribution in [0.1, 0.15) is 5.56 Å². The monoisotopic (exact) mass is 221 g/mol. The van der Waals surface area contributed by atoms with E-state index in [0.29, 0.717) is 0 Å². The third kappa shape index (κ3) is 2.24. The zero-order valence-electron chi connectivity index (χ0n) is 8.22. The van der Waals surface area contributed by atoms with Gasteiger partial charge in [-0.25, -0.2) is 4.79 Å². The molecular weight excluding hydrogens is 214 g/mol. The van der Waals surface area contributed by atoms with Crippen molar-refractivity contribution < 1.29 is 19.4 Å². The smallest absolute Gasteiger partial charge is 0.394 e. The third-order valence-electron chi connectivity index (χ3n) is 1.66. The number of rotatable bonds is 2. The highest BCUT2D eigenvalue weighted by molar-refractivity contribution is 6.36. The van der Waals surface area contributed by atoms with Gasteiger partial charge in [-0.05, 0) is 0 Å². The molecule has 82 valence electrons. The number of anilines is 1. The Labute approximate surface area is 90.3 Å². The van der Waals surface area contributed by atoms with Crippen molar-refractivity contribution in [2.24, 2.45) is 0 Å². The second kappa shape index (κ2) is 4.75. The average molecular weight is 221 g/mol. The second-order valence-corrected chi connectivity index (χ2v) is 2.64. The van der Waals surface area contributed by atoms with Gasteiger partial charge in [0.1, 0.15) is 17.3 Å². The molecule has 0 bridgehead atoms. The van der Waals surface area contributed by atoms with Gasteiger partial charge in [0.2, 0.25) is 0 Å². The van der Waals surface area contributed by atoms with Gasteiger partial charge in [0, 0.05) is 6.20 Å². The molecule has 0 aromatic carbocycles. The number of ether oxygens (including phenoxy) is 1. The number of methoxy groups -OCH3 is 1. The molecule has 1 rings (SSSR count). The van der Waals surface area contributed by atoms with Crippen molar-refractivity contribution in [1.29, 1.82) is 5.26 Å². The molecule has 0 aliphatic heterocycles. The second-order valence-electron chi connectivity index (χ2n) is 2.64. The first-order valence-electron chi connectivity index (χ1n) is 4.06. The van der Waals surface area contributed by atoms with Crippen LogP contribution in [0.25, 0.3) is 0 Å². The standard InChI is InChI=1S/C9H7N3O4/c1-16-7-5(2-10)3-11-4-6(7)12-8(13)9(14)15/h3-4H,1H3,(H,12,13)(H,14,15). The SMILES string of the molecule is COc1c(C#N)cncc1NC(=O)C(=O)O. The van der Waals surface area contributed by atoms with Crippen molar-refractivity contribution in [3.63, 3.8) is 0 Å². The normalized spacial score (nSPS) is 9.00. The molecule has 0 fully saturated rings. The lowest BCUT2D eigenvalue weighted by Gasteiger charge is -2.08. The number of hydrogen-bond acceptors (Lipinski definition) is 5. The molecule has 1 amide bonds. The number of carbonyl (C=O) groups excluding carboxylic acids is 1. The van der Waals surface area contributed by atoms with Crippen LogP contribution in [-0.2, 0) is 9.59 Å². The molecular formula is C9H7N3O4. The summed E-state index contributed by atoms with van der Waals surface area (Å²) in [6.45, 7) is 0. The minimum absolute atomic E-state index is 0.0361. The van der Waals surface area contributed by atoms with Crippen molar-refractivity contribution in [2.45, 2.75) is 0 Å². The molecule has 1 aromatic heterocycles. The molecule has 0 spiro atoms. The summed E-state index contributed by atoms with van der Waals surface area (Å²) in [5.41, 5.74) is 0.139. The molecule has 2 N–H and O–H groups in total. The molecule has 1 heterocycles. The quantitative estimate of drug-likeness (QED) is 0.679. The predicted molar refractivity (Wildman–Crippen MR) is 51.8 cm³/mol. The number of aliphatic carboxylic acids is 1. The summed E-state index contributed by atoms with van der Waals surface area (Å²) >= 11 is 0. The number of aromatic nitrogens is 1. The highest BCUT2D eigenvalue weighted by atomic mass is 16.5. The molecule has 0 saturated heterocycles. The molecule has 0 atom stereocenters. The minimum Gasteiger partial charge on any atom is -0.493 e. The van der Waals surface area contributed by atoms with E-state index in [1.807, 2.05) is 0 Å². The highest BCUT2D eigenvalue weighted by Crippen LogP contribution is 2.26. The van der Waals surface area contributed by atoms with E-state index in [1.54, 1.807) is 6.07 Å². The molecule has 0 saturated carbocycles. The van der Waals surface area contributed by atoms with Crippen molar-refractivity contribution in [2.75, 3.05) is 12.4 Å². The topological polar surface area (TPSA) is 112 Å². The van der Waals surface area contributed by atoms with E-state index in [0.717, 1.165) is 0 Å². The third-order valence-corrected chi connectivity index (χ3v) is 1.66. The Morgan fingerprint density at radius 1 is 1.56 bits per heavy atom. The van der Waals surface area contributed by atoms with Gasteiger partial charge in [-0.2, -0.15) is 5.26 Å². The van der Waals surface area contributed by atoms with Crippen LogP contribution in [0.3, 0.4) is 0 Å². The molecule has 16 heavy (non-hydrogen) atoms. The van der Waals surface area contributed by atoms with E-state index < -0.39 is 11.9 Å². The zero-order valence-corrected chi connectivity index (χ0v) is 8.22. The Morgan fingerprint density at radius 3 is 2.75 bits per heavy atom. The summed E-state index contributed by atoms with van der Waals surface area (Å²) < 4.78 is 4.88. The zero-order chi connectivity index (χ0) is 12.1. The molecule has 0 aliphatic carbocycles. The average Bonchev–Trinajstić information content (AvgIpc) is 2.28. The molecule has 0 radical (unpaired) electrons. The van der Waals surface area contributed by atoms with Gasteiger partial charge >= 0.3 is 11.9 Å². The van der Waals surface area contributed by atoms with E-state index in [-0.39, 0.29) is 17.0 Å². The molecule has 7 heteroatoms. The first-order chi connectivity index (χ1) is 7.60. The maximum atomic E-state index is 10.9. The lowest BCUT2D eigenvalue weighted by molar-refractivity contribution is -0.147. The Bertz CT molecular complexity index is 478. The first-order valence-corrected chi connectivity index (χ1v) is 4.06. The van der Waals surface area contributed by atoms with Gasteiger partial charge in [-0.1, -0.05) is 0 Å². The van der Waals surface area contributed by atoms with Crippen LogP contribution in [0.4, 0.5) is 5.69 Å². The molecule has 0 aliphatic rings. The highest BCUT2D eigenvalue weighted by Gasteiger charge is 2.16. The number of amides is 1. The number of hydrogen-bond donors (Lipinski definition) is 2. The first kappa shape index (κ1) is 11.5. The summed E-state index contributed by atoms with van der Waals surface area (Å²) in [6, 6.07) is 1.80. The Balaban J connectivity index is 3.10. The Hall–Kier alpha value is -2.62. The van der Waals surface area contributed by atoms with Crippen LogP contribution in [0.5, 0.6) is 5.75 Å². The summed E-state index contributed by atoms with van der Waals surface area (Å²) in [4.78, 5) is 24.9. The number of carboxylic acid groups (broad SMARTS) is 1. The Kier molecular flexibility index (Phi) is 3.40. The minimum atomic E-state index is -1.63. The van der Waals surface area contributed by atoms with Crippen LogP contribution >= 0.6 is 0 Å². The van der Waals surface area contributed by atoms with Gasteiger partial charge < -0.3 is 15.2 Å². The summed E-state index contributed by atoms with van der Waals surface area (Å²) in [5, 5.41) is 19.2. The van der Waals surface area contributed by atoms with E-state index in [2.05, 4.69) is 10.3 Å². The number of nitrogens with one attached hydrogen (secondary N) is 1. The summed E-state index contributed by atoms with van der Waals surface area (Å²) in [7, 11) is 1.30. The fraction of sp³-hybridized carbons (Fsp3) is 0.111. The number of carbonyl (C=O) groups is 2. The molecule has 7 nitrogen and oxygen atoms in total. The van der Waals surface area contributed by atoms with E-state index in [9.17, 15) is 9.59 Å². The number of nitriles is 1. The van der Waals surface area contributed by atoms with Crippen molar-refractivity contribution >= 4 is 17.6 Å². The summed E-state index contributed by atoms with van der Waals surface area (Å²) in [6.07, 6.45) is 2.44. The van der Waals surface area contributed by atoms with Crippen molar-refractivity contribution in [3.8, 4) is 11.8 Å².